The van der Waals surface area contributed by atoms with Gasteiger partial charge < -0.3 is 9.13 Å². The summed E-state index contributed by atoms with van der Waals surface area (Å²) in [6, 6.07) is 88.9. The normalized spacial score (nSPS) is 11.8. The Morgan fingerprint density at radius 1 is 0.188 bits per heavy atom. The largest absolute Gasteiger partial charge is 0.309 e. The summed E-state index contributed by atoms with van der Waals surface area (Å²) in [5, 5.41) is 10.0. The minimum Gasteiger partial charge on any atom is -0.309 e. The first-order valence-corrected chi connectivity index (χ1v) is 22.1. The van der Waals surface area contributed by atoms with E-state index in [0.717, 1.165) is 5.69 Å². The first-order chi connectivity index (χ1) is 31.8. The number of hydrogen-bond acceptors (Lipinski definition) is 0. The third-order valence-electron chi connectivity index (χ3n) is 13.3. The van der Waals surface area contributed by atoms with Crippen molar-refractivity contribution < 1.29 is 0 Å². The van der Waals surface area contributed by atoms with E-state index in [0.29, 0.717) is 0 Å². The van der Waals surface area contributed by atoms with Crippen molar-refractivity contribution in [1.82, 2.24) is 9.13 Å². The van der Waals surface area contributed by atoms with E-state index in [1.54, 1.807) is 0 Å². The summed E-state index contributed by atoms with van der Waals surface area (Å²) >= 11 is 0. The van der Waals surface area contributed by atoms with E-state index >= 15 is 0 Å². The van der Waals surface area contributed by atoms with E-state index in [4.69, 9.17) is 0 Å². The molecule has 0 aliphatic carbocycles. The molecule has 2 heterocycles. The molecule has 2 aromatic heterocycles. The topological polar surface area (TPSA) is 9.86 Å². The molecule has 13 aromatic rings. The molecule has 13 rings (SSSR count). The van der Waals surface area contributed by atoms with Crippen molar-refractivity contribution in [2.45, 2.75) is 0 Å². The summed E-state index contributed by atoms with van der Waals surface area (Å²) in [5.74, 6) is 0. The van der Waals surface area contributed by atoms with Crippen molar-refractivity contribution in [1.29, 1.82) is 0 Å². The molecule has 0 bridgehead atoms. The molecule has 0 aliphatic rings. The molecule has 0 N–H and O–H groups in total. The molecule has 2 nitrogen and oxygen atoms in total. The smallest absolute Gasteiger partial charge is 0.0541 e. The van der Waals surface area contributed by atoms with Gasteiger partial charge in [-0.1, -0.05) is 176 Å². The van der Waals surface area contributed by atoms with Gasteiger partial charge in [-0.3, -0.25) is 0 Å². The Bertz CT molecular complexity index is 3860. The third kappa shape index (κ3) is 5.66. The van der Waals surface area contributed by atoms with E-state index in [1.807, 2.05) is 0 Å². The third-order valence-corrected chi connectivity index (χ3v) is 13.3. The first-order valence-electron chi connectivity index (χ1n) is 22.1. The Labute approximate surface area is 371 Å². The van der Waals surface area contributed by atoms with Crippen molar-refractivity contribution >= 4 is 65.2 Å². The Morgan fingerprint density at radius 3 is 0.984 bits per heavy atom. The Balaban J connectivity index is 0.983. The Hall–Kier alpha value is -8.46. The fourth-order valence-electron chi connectivity index (χ4n) is 10.4. The molecular weight excluding hydrogens is 773 g/mol. The molecule has 0 atom stereocenters. The molecule has 0 unspecified atom stereocenters. The highest BCUT2D eigenvalue weighted by molar-refractivity contribution is 6.21. The molecule has 64 heavy (non-hydrogen) atoms. The lowest BCUT2D eigenvalue weighted by molar-refractivity contribution is 1.18. The van der Waals surface area contributed by atoms with Gasteiger partial charge in [0.05, 0.1) is 22.1 Å². The van der Waals surface area contributed by atoms with Crippen molar-refractivity contribution in [2.75, 3.05) is 0 Å². The number of benzene rings is 11. The van der Waals surface area contributed by atoms with Crippen LogP contribution in [0.25, 0.3) is 121 Å². The van der Waals surface area contributed by atoms with Gasteiger partial charge >= 0.3 is 0 Å². The molecular formula is C62H40N2. The van der Waals surface area contributed by atoms with Crippen molar-refractivity contribution in [2.24, 2.45) is 0 Å². The number of aromatic nitrogens is 2. The number of nitrogens with zero attached hydrogens (tertiary/aromatic N) is 2. The van der Waals surface area contributed by atoms with Gasteiger partial charge in [-0.2, -0.15) is 0 Å². The van der Waals surface area contributed by atoms with E-state index in [1.165, 1.54) is 115 Å². The zero-order valence-corrected chi connectivity index (χ0v) is 35.0. The van der Waals surface area contributed by atoms with Gasteiger partial charge in [0, 0.05) is 32.9 Å². The van der Waals surface area contributed by atoms with Crippen LogP contribution in [0.4, 0.5) is 0 Å². The van der Waals surface area contributed by atoms with Gasteiger partial charge in [-0.25, -0.2) is 0 Å². The van der Waals surface area contributed by atoms with E-state index in [2.05, 4.69) is 252 Å². The highest BCUT2D eigenvalue weighted by atomic mass is 15.0. The number of hydrogen-bond donors (Lipinski definition) is 0. The summed E-state index contributed by atoms with van der Waals surface area (Å²) in [6.45, 7) is 0. The average Bonchev–Trinajstić information content (AvgIpc) is 3.88. The lowest BCUT2D eigenvalue weighted by Crippen LogP contribution is -1.95. The second kappa shape index (κ2) is 14.6. The average molecular weight is 813 g/mol. The van der Waals surface area contributed by atoms with Crippen LogP contribution in [0.1, 0.15) is 0 Å². The fraction of sp³-hybridized carbons (Fsp3) is 0. The first kappa shape index (κ1) is 36.2. The van der Waals surface area contributed by atoms with Gasteiger partial charge in [0.2, 0.25) is 0 Å². The van der Waals surface area contributed by atoms with Crippen LogP contribution in [-0.4, -0.2) is 9.13 Å². The molecule has 0 saturated carbocycles. The van der Waals surface area contributed by atoms with E-state index < -0.39 is 0 Å². The van der Waals surface area contributed by atoms with Gasteiger partial charge in [-0.05, 0) is 133 Å². The molecule has 0 spiro atoms. The second-order valence-corrected chi connectivity index (χ2v) is 16.8. The molecule has 2 heteroatoms. The second-order valence-electron chi connectivity index (χ2n) is 16.8. The zero-order chi connectivity index (χ0) is 42.1. The number of fused-ring (bicyclic) bond motifs is 8. The van der Waals surface area contributed by atoms with Crippen LogP contribution in [0.5, 0.6) is 0 Å². The maximum Gasteiger partial charge on any atom is 0.0541 e. The summed E-state index contributed by atoms with van der Waals surface area (Å²) in [6.07, 6.45) is 0. The zero-order valence-electron chi connectivity index (χ0n) is 35.0. The Morgan fingerprint density at radius 2 is 0.500 bits per heavy atom. The summed E-state index contributed by atoms with van der Waals surface area (Å²) in [7, 11) is 0. The number of para-hydroxylation sites is 2. The van der Waals surface area contributed by atoms with Crippen molar-refractivity contribution in [3.8, 4) is 55.9 Å². The monoisotopic (exact) mass is 812 g/mol. The summed E-state index contributed by atoms with van der Waals surface area (Å²) in [5.41, 5.74) is 16.9. The molecule has 0 radical (unpaired) electrons. The van der Waals surface area contributed by atoms with Gasteiger partial charge in [-0.15, -0.1) is 0 Å². The summed E-state index contributed by atoms with van der Waals surface area (Å²) in [4.78, 5) is 0. The van der Waals surface area contributed by atoms with Gasteiger partial charge in [0.15, 0.2) is 0 Å². The predicted octanol–water partition coefficient (Wildman–Crippen LogP) is 16.9. The fourth-order valence-corrected chi connectivity index (χ4v) is 10.4. The maximum atomic E-state index is 2.44. The molecule has 0 fully saturated rings. The molecule has 0 saturated heterocycles. The standard InChI is InChI=1S/C62H40N2/c1-4-16-41(17-5-1)44-30-35-59-55(38-44)56-40-46(45-31-36-58-54(39-45)49-22-14-15-27-57(49)63(58)47-20-8-3-9-21-47)32-37-60(56)64(59)48-33-28-43(29-34-48)62-52-25-12-10-23-50(52)61(42-18-6-2-7-19-42)51-24-11-13-26-53(51)62/h1-40H. The number of rotatable bonds is 6. The van der Waals surface area contributed by atoms with Crippen LogP contribution in [0.2, 0.25) is 0 Å². The minimum absolute atomic E-state index is 1.13. The van der Waals surface area contributed by atoms with Crippen LogP contribution in [0.15, 0.2) is 243 Å². The molecule has 0 aliphatic heterocycles. The lowest BCUT2D eigenvalue weighted by Gasteiger charge is -2.18. The quantitative estimate of drug-likeness (QED) is 0.148. The van der Waals surface area contributed by atoms with Crippen LogP contribution in [-0.2, 0) is 0 Å². The van der Waals surface area contributed by atoms with Crippen LogP contribution in [0, 0.1) is 0 Å². The van der Waals surface area contributed by atoms with Crippen molar-refractivity contribution in [3.05, 3.63) is 243 Å². The molecule has 298 valence electrons. The van der Waals surface area contributed by atoms with E-state index in [9.17, 15) is 0 Å². The SMILES string of the molecule is c1ccc(-c2ccc3c(c2)c2cc(-c4ccc5c(c4)c4ccccc4n5-c4ccccc4)ccc2n3-c2ccc(-c3c4ccccc4c(-c4ccccc4)c4ccccc34)cc2)cc1. The van der Waals surface area contributed by atoms with Crippen LogP contribution in [0.3, 0.4) is 0 Å². The van der Waals surface area contributed by atoms with Crippen molar-refractivity contribution in [3.63, 3.8) is 0 Å². The minimum atomic E-state index is 1.13. The maximum absolute atomic E-state index is 2.44. The van der Waals surface area contributed by atoms with Crippen LogP contribution < -0.4 is 0 Å². The highest BCUT2D eigenvalue weighted by Gasteiger charge is 2.19. The lowest BCUT2D eigenvalue weighted by atomic mass is 9.86. The van der Waals surface area contributed by atoms with Crippen LogP contribution >= 0.6 is 0 Å². The van der Waals surface area contributed by atoms with E-state index in [-0.39, 0.29) is 0 Å². The van der Waals surface area contributed by atoms with Gasteiger partial charge in [0.1, 0.15) is 0 Å². The predicted molar refractivity (Wildman–Crippen MR) is 272 cm³/mol. The molecule has 0 amide bonds. The Kier molecular flexibility index (Phi) is 8.25. The molecule has 11 aromatic carbocycles. The highest BCUT2D eigenvalue weighted by Crippen LogP contribution is 2.45. The summed E-state index contributed by atoms with van der Waals surface area (Å²) < 4.78 is 4.82. The van der Waals surface area contributed by atoms with Gasteiger partial charge in [0.25, 0.3) is 0 Å².